The first-order chi connectivity index (χ1) is 48.8. The number of pyridine rings is 2. The van der Waals surface area contributed by atoms with Crippen LogP contribution in [0.5, 0.6) is 0 Å². The summed E-state index contributed by atoms with van der Waals surface area (Å²) in [6.07, 6.45) is 5.47. The standard InChI is InChI=1S/C33H24N2.C32H23N3.C26H19N3/c1-23-34-32(28-18-14-25(15-19-28)24-8-3-2-4-9-24)22-33(35-23)29-20-16-27(17-21-29)31-13-7-11-26-10-5-6-12-30(26)31;1-22-34-31(27-13-9-23(10-14-27)24-17-19-33-20-18-24)21-32(35-22)28-15-11-26(12-16-28)30-8-4-6-25-5-2-3-7-29(25)30;1-18-28-24(20-7-3-2-4-8-20)17-25(29-18)21-14-12-19(13-15-21)23-11-5-9-22-10-6-16-27-26(22)23/h2-22H,1H3;2-21H,1H3;2-17H,1H3. The van der Waals surface area contributed by atoms with Crippen LogP contribution in [-0.4, -0.2) is 39.9 Å². The van der Waals surface area contributed by atoms with Gasteiger partial charge in [0.2, 0.25) is 0 Å². The van der Waals surface area contributed by atoms with Gasteiger partial charge < -0.3 is 0 Å². The van der Waals surface area contributed by atoms with Crippen LogP contribution in [0.15, 0.2) is 346 Å². The second-order valence-electron chi connectivity index (χ2n) is 24.3. The number of nitrogens with zero attached hydrogens (tertiary/aromatic N) is 8. The summed E-state index contributed by atoms with van der Waals surface area (Å²) < 4.78 is 0. The molecule has 8 nitrogen and oxygen atoms in total. The van der Waals surface area contributed by atoms with Crippen molar-refractivity contribution in [2.24, 2.45) is 0 Å². The Balaban J connectivity index is 0.000000122. The van der Waals surface area contributed by atoms with Crippen LogP contribution in [0.2, 0.25) is 0 Å². The molecular weight excluding hydrogens is 1210 g/mol. The van der Waals surface area contributed by atoms with Crippen molar-refractivity contribution in [2.75, 3.05) is 0 Å². The van der Waals surface area contributed by atoms with E-state index in [9.17, 15) is 0 Å². The summed E-state index contributed by atoms with van der Waals surface area (Å²) in [5.41, 5.74) is 25.0. The molecule has 0 aliphatic carbocycles. The van der Waals surface area contributed by atoms with Crippen LogP contribution >= 0.6 is 0 Å². The first kappa shape index (κ1) is 62.1. The summed E-state index contributed by atoms with van der Waals surface area (Å²) in [6, 6.07) is 114. The molecule has 0 aliphatic heterocycles. The Hall–Kier alpha value is -13.0. The van der Waals surface area contributed by atoms with Crippen LogP contribution in [0.4, 0.5) is 0 Å². The fourth-order valence-corrected chi connectivity index (χ4v) is 12.8. The quantitative estimate of drug-likeness (QED) is 0.126. The molecule has 17 rings (SSSR count). The van der Waals surface area contributed by atoms with Gasteiger partial charge in [-0.25, -0.2) is 29.9 Å². The third-order valence-corrected chi connectivity index (χ3v) is 17.8. The largest absolute Gasteiger partial charge is 0.265 e. The number of aryl methyl sites for hydroxylation is 3. The summed E-state index contributed by atoms with van der Waals surface area (Å²) in [5, 5.41) is 6.18. The molecule has 0 atom stereocenters. The molecule has 0 N–H and O–H groups in total. The van der Waals surface area contributed by atoms with E-state index in [1.807, 2.05) is 81.8 Å². The Labute approximate surface area is 576 Å². The predicted molar refractivity (Wildman–Crippen MR) is 408 cm³/mol. The van der Waals surface area contributed by atoms with Crippen LogP contribution in [0.1, 0.15) is 17.5 Å². The van der Waals surface area contributed by atoms with E-state index < -0.39 is 0 Å². The maximum atomic E-state index is 4.74. The molecular formula is C91H66N8. The zero-order chi connectivity index (χ0) is 66.9. The number of aromatic nitrogens is 8. The van der Waals surface area contributed by atoms with E-state index in [4.69, 9.17) is 19.9 Å². The molecule has 0 fully saturated rings. The fourth-order valence-electron chi connectivity index (χ4n) is 12.8. The Kier molecular flexibility index (Phi) is 17.9. The topological polar surface area (TPSA) is 103 Å². The van der Waals surface area contributed by atoms with Gasteiger partial charge in [-0.15, -0.1) is 0 Å². The van der Waals surface area contributed by atoms with E-state index in [2.05, 4.69) is 305 Å². The maximum absolute atomic E-state index is 4.74. The Morgan fingerprint density at radius 1 is 0.192 bits per heavy atom. The molecule has 0 saturated heterocycles. The highest BCUT2D eigenvalue weighted by Gasteiger charge is 2.14. The molecule has 0 amide bonds. The van der Waals surface area contributed by atoms with Crippen LogP contribution in [0, 0.1) is 20.8 Å². The van der Waals surface area contributed by atoms with Gasteiger partial charge >= 0.3 is 0 Å². The number of para-hydroxylation sites is 1. The zero-order valence-electron chi connectivity index (χ0n) is 55.0. The first-order valence-electron chi connectivity index (χ1n) is 33.2. The minimum atomic E-state index is 0.758. The number of rotatable bonds is 11. The van der Waals surface area contributed by atoms with Gasteiger partial charge in [0, 0.05) is 62.9 Å². The van der Waals surface area contributed by atoms with Gasteiger partial charge in [-0.05, 0) is 129 Å². The molecule has 5 aromatic heterocycles. The molecule has 470 valence electrons. The van der Waals surface area contributed by atoms with Crippen molar-refractivity contribution < 1.29 is 0 Å². The average Bonchev–Trinajstić information content (AvgIpc) is 0.829. The molecule has 17 aromatic rings. The average molecular weight is 1270 g/mol. The Bertz CT molecular complexity index is 5390. The second-order valence-corrected chi connectivity index (χ2v) is 24.3. The molecule has 0 spiro atoms. The van der Waals surface area contributed by atoms with E-state index in [-0.39, 0.29) is 0 Å². The fraction of sp³-hybridized carbons (Fsp3) is 0.0330. The molecule has 0 radical (unpaired) electrons. The minimum absolute atomic E-state index is 0.758. The lowest BCUT2D eigenvalue weighted by Crippen LogP contribution is -1.95. The molecule has 12 aromatic carbocycles. The van der Waals surface area contributed by atoms with Crippen molar-refractivity contribution >= 4 is 32.4 Å². The lowest BCUT2D eigenvalue weighted by Gasteiger charge is -2.10. The zero-order valence-corrected chi connectivity index (χ0v) is 55.0. The van der Waals surface area contributed by atoms with Gasteiger partial charge in [0.25, 0.3) is 0 Å². The van der Waals surface area contributed by atoms with E-state index >= 15 is 0 Å². The first-order valence-corrected chi connectivity index (χ1v) is 33.2. The van der Waals surface area contributed by atoms with Crippen LogP contribution in [0.3, 0.4) is 0 Å². The molecule has 0 bridgehead atoms. The molecule has 8 heteroatoms. The van der Waals surface area contributed by atoms with E-state index in [0.717, 1.165) is 118 Å². The van der Waals surface area contributed by atoms with Gasteiger partial charge in [0.1, 0.15) is 17.5 Å². The van der Waals surface area contributed by atoms with Crippen LogP contribution < -0.4 is 0 Å². The van der Waals surface area contributed by atoms with E-state index in [0.29, 0.717) is 0 Å². The number of benzene rings is 12. The van der Waals surface area contributed by atoms with Gasteiger partial charge in [-0.3, -0.25) is 9.97 Å². The summed E-state index contributed by atoms with van der Waals surface area (Å²) in [6.45, 7) is 5.84. The lowest BCUT2D eigenvalue weighted by atomic mass is 9.97. The van der Waals surface area contributed by atoms with E-state index in [1.165, 1.54) is 54.9 Å². The Morgan fingerprint density at radius 3 is 0.869 bits per heavy atom. The lowest BCUT2D eigenvalue weighted by molar-refractivity contribution is 1.06. The summed E-state index contributed by atoms with van der Waals surface area (Å²) >= 11 is 0. The van der Waals surface area contributed by atoms with Crippen molar-refractivity contribution in [3.05, 3.63) is 364 Å². The number of hydrogen-bond donors (Lipinski definition) is 0. The SMILES string of the molecule is Cc1nc(-c2ccc(-c3ccccc3)cc2)cc(-c2ccc(-c3cccc4ccccc34)cc2)n1.Cc1nc(-c2ccc(-c3ccncc3)cc2)cc(-c2ccc(-c3cccc4ccccc34)cc2)n1.Cc1nc(-c2ccccc2)cc(-c2ccc(-c3cccc4cccnc34)cc2)n1. The highest BCUT2D eigenvalue weighted by molar-refractivity contribution is 5.98. The highest BCUT2D eigenvalue weighted by Crippen LogP contribution is 2.36. The third kappa shape index (κ3) is 14.1. The monoisotopic (exact) mass is 1270 g/mol. The molecule has 99 heavy (non-hydrogen) atoms. The Morgan fingerprint density at radius 2 is 0.465 bits per heavy atom. The maximum Gasteiger partial charge on any atom is 0.126 e. The van der Waals surface area contributed by atoms with Crippen molar-refractivity contribution in [3.63, 3.8) is 0 Å². The second kappa shape index (κ2) is 28.5. The van der Waals surface area contributed by atoms with Gasteiger partial charge in [0.15, 0.2) is 0 Å². The summed E-state index contributed by atoms with van der Waals surface area (Å²) in [4.78, 5) is 36.8. The van der Waals surface area contributed by atoms with Crippen molar-refractivity contribution in [3.8, 4) is 123 Å². The van der Waals surface area contributed by atoms with Crippen molar-refractivity contribution in [1.29, 1.82) is 0 Å². The highest BCUT2D eigenvalue weighted by atomic mass is 14.9. The minimum Gasteiger partial charge on any atom is -0.265 e. The predicted octanol–water partition coefficient (Wildman–Crippen LogP) is 22.9. The van der Waals surface area contributed by atoms with Gasteiger partial charge in [-0.1, -0.05) is 291 Å². The van der Waals surface area contributed by atoms with Crippen LogP contribution in [-0.2, 0) is 0 Å². The summed E-state index contributed by atoms with van der Waals surface area (Å²) in [7, 11) is 0. The normalized spacial score (nSPS) is 11.0. The number of hydrogen-bond acceptors (Lipinski definition) is 8. The van der Waals surface area contributed by atoms with Crippen LogP contribution in [0.25, 0.3) is 156 Å². The number of fused-ring (bicyclic) bond motifs is 3. The molecule has 5 heterocycles. The van der Waals surface area contributed by atoms with Crippen molar-refractivity contribution in [2.45, 2.75) is 20.8 Å². The molecule has 0 saturated carbocycles. The van der Waals surface area contributed by atoms with E-state index in [1.54, 1.807) is 0 Å². The van der Waals surface area contributed by atoms with Crippen molar-refractivity contribution in [1.82, 2.24) is 39.9 Å². The summed E-state index contributed by atoms with van der Waals surface area (Å²) in [5.74, 6) is 2.29. The van der Waals surface area contributed by atoms with Gasteiger partial charge in [0.05, 0.1) is 39.7 Å². The third-order valence-electron chi connectivity index (χ3n) is 17.8. The van der Waals surface area contributed by atoms with Gasteiger partial charge in [-0.2, -0.15) is 0 Å². The molecule has 0 unspecified atom stereocenters. The smallest absolute Gasteiger partial charge is 0.126 e. The molecule has 0 aliphatic rings.